The number of pyridine rings is 1. The zero-order valence-corrected chi connectivity index (χ0v) is 9.01. The second-order valence-electron chi connectivity index (χ2n) is 2.63. The van der Waals surface area contributed by atoms with Crippen molar-refractivity contribution in [2.45, 2.75) is 6.54 Å². The van der Waals surface area contributed by atoms with Crippen molar-refractivity contribution in [2.75, 3.05) is 0 Å². The molecule has 0 amide bonds. The summed E-state index contributed by atoms with van der Waals surface area (Å²) in [6, 6.07) is 3.80. The minimum atomic E-state index is 0.359. The molecule has 3 nitrogen and oxygen atoms in total. The lowest BCUT2D eigenvalue weighted by molar-refractivity contribution is 1.02. The van der Waals surface area contributed by atoms with Crippen LogP contribution in [0.3, 0.4) is 0 Å². The van der Waals surface area contributed by atoms with E-state index in [2.05, 4.69) is 20.9 Å². The molecule has 0 unspecified atom stereocenters. The van der Waals surface area contributed by atoms with Crippen LogP contribution in [0.25, 0.3) is 5.65 Å². The van der Waals surface area contributed by atoms with Crippen LogP contribution in [0.4, 0.5) is 0 Å². The van der Waals surface area contributed by atoms with E-state index in [-0.39, 0.29) is 0 Å². The van der Waals surface area contributed by atoms with E-state index in [0.29, 0.717) is 11.7 Å². The third-order valence-electron chi connectivity index (χ3n) is 1.78. The molecule has 13 heavy (non-hydrogen) atoms. The summed E-state index contributed by atoms with van der Waals surface area (Å²) in [7, 11) is 0. The molecule has 0 saturated heterocycles. The van der Waals surface area contributed by atoms with Gasteiger partial charge in [0.15, 0.2) is 0 Å². The van der Waals surface area contributed by atoms with E-state index in [1.165, 1.54) is 0 Å². The molecule has 0 fully saturated rings. The van der Waals surface area contributed by atoms with Crippen molar-refractivity contribution in [3.63, 3.8) is 0 Å². The molecule has 0 aliphatic carbocycles. The van der Waals surface area contributed by atoms with Gasteiger partial charge in [-0.05, 0) is 28.1 Å². The summed E-state index contributed by atoms with van der Waals surface area (Å²) in [6.07, 6.45) is 1.86. The van der Waals surface area contributed by atoms with Crippen molar-refractivity contribution < 1.29 is 0 Å². The number of halogens is 2. The molecule has 0 atom stereocenters. The van der Waals surface area contributed by atoms with Gasteiger partial charge in [0.2, 0.25) is 0 Å². The van der Waals surface area contributed by atoms with Gasteiger partial charge in [0.1, 0.15) is 10.8 Å². The highest BCUT2D eigenvalue weighted by Crippen LogP contribution is 2.20. The first kappa shape index (κ1) is 8.99. The first-order chi connectivity index (χ1) is 6.22. The Kier molecular flexibility index (Phi) is 2.27. The number of nitrogens with two attached hydrogens (primary N) is 1. The topological polar surface area (TPSA) is 43.3 Å². The number of hydrogen-bond donors (Lipinski definition) is 1. The fourth-order valence-electron chi connectivity index (χ4n) is 1.17. The molecule has 0 spiro atoms. The second-order valence-corrected chi connectivity index (χ2v) is 3.90. The van der Waals surface area contributed by atoms with E-state index in [4.69, 9.17) is 17.3 Å². The lowest BCUT2D eigenvalue weighted by Crippen LogP contribution is -1.96. The molecule has 0 aliphatic rings. The predicted molar refractivity (Wildman–Crippen MR) is 55.8 cm³/mol. The molecule has 68 valence electrons. The van der Waals surface area contributed by atoms with Crippen molar-refractivity contribution in [1.82, 2.24) is 9.38 Å². The maximum Gasteiger partial charge on any atom is 0.138 e. The standard InChI is InChI=1S/C8H7BrClN3/c9-5-1-2-7-12-6(3-11)8(10)13(7)4-5/h1-2,4H,3,11H2. The third kappa shape index (κ3) is 1.45. The Bertz CT molecular complexity index is 452. The molecule has 2 aromatic rings. The molecular formula is C8H7BrClN3. The molecular weight excluding hydrogens is 253 g/mol. The number of rotatable bonds is 1. The summed E-state index contributed by atoms with van der Waals surface area (Å²) in [5, 5.41) is 0.582. The lowest BCUT2D eigenvalue weighted by Gasteiger charge is -1.95. The summed E-state index contributed by atoms with van der Waals surface area (Å²) in [5.74, 6) is 0. The van der Waals surface area contributed by atoms with Crippen LogP contribution in [0.2, 0.25) is 5.15 Å². The van der Waals surface area contributed by atoms with Gasteiger partial charge in [-0.15, -0.1) is 0 Å². The van der Waals surface area contributed by atoms with Gasteiger partial charge in [-0.3, -0.25) is 4.40 Å². The molecule has 2 rings (SSSR count). The summed E-state index contributed by atoms with van der Waals surface area (Å²) in [4.78, 5) is 4.26. The Morgan fingerprint density at radius 2 is 2.31 bits per heavy atom. The molecule has 2 N–H and O–H groups in total. The van der Waals surface area contributed by atoms with Crippen LogP contribution in [-0.2, 0) is 6.54 Å². The van der Waals surface area contributed by atoms with Crippen LogP contribution in [-0.4, -0.2) is 9.38 Å². The second kappa shape index (κ2) is 3.29. The molecule has 0 aromatic carbocycles. The van der Waals surface area contributed by atoms with Crippen LogP contribution in [0.5, 0.6) is 0 Å². The Hall–Kier alpha value is -0.580. The normalized spacial score (nSPS) is 11.0. The van der Waals surface area contributed by atoms with E-state index >= 15 is 0 Å². The highest BCUT2D eigenvalue weighted by molar-refractivity contribution is 9.10. The van der Waals surface area contributed by atoms with Gasteiger partial charge >= 0.3 is 0 Å². The van der Waals surface area contributed by atoms with Gasteiger partial charge in [-0.25, -0.2) is 4.98 Å². The van der Waals surface area contributed by atoms with Crippen LogP contribution in [0.1, 0.15) is 5.69 Å². The maximum absolute atomic E-state index is 6.03. The van der Waals surface area contributed by atoms with Crippen LogP contribution in [0, 0.1) is 0 Å². The molecule has 5 heteroatoms. The Balaban J connectivity index is 2.77. The lowest BCUT2D eigenvalue weighted by atomic mass is 10.5. The summed E-state index contributed by atoms with van der Waals surface area (Å²) >= 11 is 9.39. The smallest absolute Gasteiger partial charge is 0.138 e. The van der Waals surface area contributed by atoms with E-state index in [1.54, 1.807) is 4.40 Å². The molecule has 2 aromatic heterocycles. The van der Waals surface area contributed by atoms with Crippen molar-refractivity contribution >= 4 is 33.2 Å². The van der Waals surface area contributed by atoms with E-state index in [9.17, 15) is 0 Å². The van der Waals surface area contributed by atoms with Gasteiger partial charge in [0.05, 0.1) is 5.69 Å². The number of hydrogen-bond acceptors (Lipinski definition) is 2. The molecule has 0 saturated carbocycles. The largest absolute Gasteiger partial charge is 0.325 e. The van der Waals surface area contributed by atoms with Crippen LogP contribution < -0.4 is 5.73 Å². The van der Waals surface area contributed by atoms with E-state index in [0.717, 1.165) is 15.8 Å². The van der Waals surface area contributed by atoms with Gasteiger partial charge < -0.3 is 5.73 Å². The monoisotopic (exact) mass is 259 g/mol. The summed E-state index contributed by atoms with van der Waals surface area (Å²) < 4.78 is 2.76. The average Bonchev–Trinajstić information content (AvgIpc) is 2.44. The quantitative estimate of drug-likeness (QED) is 0.854. The van der Waals surface area contributed by atoms with Gasteiger partial charge in [0, 0.05) is 17.2 Å². The minimum absolute atomic E-state index is 0.359. The van der Waals surface area contributed by atoms with E-state index < -0.39 is 0 Å². The molecule has 0 bridgehead atoms. The first-order valence-electron chi connectivity index (χ1n) is 3.74. The Morgan fingerprint density at radius 3 is 3.00 bits per heavy atom. The summed E-state index contributed by atoms with van der Waals surface area (Å²) in [6.45, 7) is 0.359. The fraction of sp³-hybridized carbons (Fsp3) is 0.125. The Morgan fingerprint density at radius 1 is 1.54 bits per heavy atom. The Labute approximate surface area is 88.6 Å². The van der Waals surface area contributed by atoms with Gasteiger partial charge in [0.25, 0.3) is 0 Å². The van der Waals surface area contributed by atoms with Crippen LogP contribution in [0.15, 0.2) is 22.8 Å². The van der Waals surface area contributed by atoms with Crippen molar-refractivity contribution in [3.05, 3.63) is 33.6 Å². The average molecular weight is 261 g/mol. The predicted octanol–water partition coefficient (Wildman–Crippen LogP) is 2.21. The van der Waals surface area contributed by atoms with Crippen molar-refractivity contribution in [3.8, 4) is 0 Å². The zero-order valence-electron chi connectivity index (χ0n) is 6.67. The number of fused-ring (bicyclic) bond motifs is 1. The fourth-order valence-corrected chi connectivity index (χ4v) is 1.76. The minimum Gasteiger partial charge on any atom is -0.325 e. The van der Waals surface area contributed by atoms with Crippen LogP contribution >= 0.6 is 27.5 Å². The van der Waals surface area contributed by atoms with Crippen molar-refractivity contribution in [2.24, 2.45) is 5.73 Å². The number of imidazole rings is 1. The zero-order chi connectivity index (χ0) is 9.42. The van der Waals surface area contributed by atoms with Crippen molar-refractivity contribution in [1.29, 1.82) is 0 Å². The highest BCUT2D eigenvalue weighted by Gasteiger charge is 2.07. The maximum atomic E-state index is 6.03. The molecule has 0 radical (unpaired) electrons. The van der Waals surface area contributed by atoms with Gasteiger partial charge in [-0.2, -0.15) is 0 Å². The number of nitrogens with zero attached hydrogens (tertiary/aromatic N) is 2. The molecule has 0 aliphatic heterocycles. The first-order valence-corrected chi connectivity index (χ1v) is 4.91. The number of aromatic nitrogens is 2. The summed E-state index contributed by atoms with van der Waals surface area (Å²) in [5.41, 5.74) is 7.02. The molecule has 2 heterocycles. The SMILES string of the molecule is NCc1nc2ccc(Br)cn2c1Cl. The third-order valence-corrected chi connectivity index (χ3v) is 2.65. The van der Waals surface area contributed by atoms with Gasteiger partial charge in [-0.1, -0.05) is 11.6 Å². The highest BCUT2D eigenvalue weighted by atomic mass is 79.9. The van der Waals surface area contributed by atoms with E-state index in [1.807, 2.05) is 18.3 Å².